The number of guanidine groups is 1. The van der Waals surface area contributed by atoms with Crippen LogP contribution in [-0.4, -0.2) is 19.0 Å². The Morgan fingerprint density at radius 2 is 2.12 bits per heavy atom. The third-order valence-electron chi connectivity index (χ3n) is 1.98. The van der Waals surface area contributed by atoms with Crippen LogP contribution in [0.4, 0.5) is 4.39 Å². The third kappa shape index (κ3) is 5.29. The second kappa shape index (κ2) is 8.32. The van der Waals surface area contributed by atoms with Crippen molar-refractivity contribution in [1.82, 2.24) is 5.32 Å². The van der Waals surface area contributed by atoms with E-state index < -0.39 is 0 Å². The molecule has 90 valence electrons. The molecule has 0 unspecified atom stereocenters. The average molecular weight is 337 g/mol. The van der Waals surface area contributed by atoms with Crippen molar-refractivity contribution in [3.05, 3.63) is 35.6 Å². The molecule has 16 heavy (non-hydrogen) atoms. The fourth-order valence-corrected chi connectivity index (χ4v) is 1.23. The normalized spacial score (nSPS) is 10.8. The Morgan fingerprint density at radius 3 is 2.75 bits per heavy atom. The first-order valence-electron chi connectivity index (χ1n) is 5.01. The molecule has 0 radical (unpaired) electrons. The first-order chi connectivity index (χ1) is 7.24. The highest BCUT2D eigenvalue weighted by Crippen LogP contribution is 2.06. The second-order valence-electron chi connectivity index (χ2n) is 3.14. The van der Waals surface area contributed by atoms with Gasteiger partial charge in [0.1, 0.15) is 5.82 Å². The third-order valence-corrected chi connectivity index (χ3v) is 1.98. The first-order valence-corrected chi connectivity index (χ1v) is 5.01. The van der Waals surface area contributed by atoms with E-state index in [1.165, 1.54) is 6.07 Å². The minimum atomic E-state index is -0.185. The predicted octanol–water partition coefficient (Wildman–Crippen LogP) is 1.91. The molecule has 0 heterocycles. The van der Waals surface area contributed by atoms with Gasteiger partial charge in [0.05, 0.1) is 0 Å². The van der Waals surface area contributed by atoms with E-state index in [4.69, 9.17) is 5.73 Å². The average Bonchev–Trinajstić information content (AvgIpc) is 2.21. The van der Waals surface area contributed by atoms with Gasteiger partial charge in [0.25, 0.3) is 0 Å². The van der Waals surface area contributed by atoms with Crippen molar-refractivity contribution >= 4 is 29.9 Å². The topological polar surface area (TPSA) is 50.4 Å². The zero-order chi connectivity index (χ0) is 11.1. The van der Waals surface area contributed by atoms with Crippen LogP contribution in [0.3, 0.4) is 0 Å². The monoisotopic (exact) mass is 337 g/mol. The Hall–Kier alpha value is -0.850. The van der Waals surface area contributed by atoms with E-state index in [0.29, 0.717) is 24.5 Å². The summed E-state index contributed by atoms with van der Waals surface area (Å²) < 4.78 is 13.2. The van der Waals surface area contributed by atoms with Crippen LogP contribution in [0.15, 0.2) is 29.3 Å². The van der Waals surface area contributed by atoms with Crippen molar-refractivity contribution in [2.75, 3.05) is 13.1 Å². The Kier molecular flexibility index (Phi) is 7.88. The number of benzene rings is 1. The molecule has 0 fully saturated rings. The van der Waals surface area contributed by atoms with Crippen molar-refractivity contribution in [2.24, 2.45) is 10.7 Å². The van der Waals surface area contributed by atoms with Crippen molar-refractivity contribution < 1.29 is 4.39 Å². The smallest absolute Gasteiger partial charge is 0.188 e. The molecule has 0 saturated carbocycles. The lowest BCUT2D eigenvalue weighted by atomic mass is 10.1. The molecule has 3 nitrogen and oxygen atoms in total. The molecule has 0 saturated heterocycles. The van der Waals surface area contributed by atoms with Crippen LogP contribution in [0.1, 0.15) is 12.5 Å². The SMILES string of the molecule is CCNC(N)=NCCc1ccccc1F.I. The largest absolute Gasteiger partial charge is 0.370 e. The maximum atomic E-state index is 13.2. The number of aliphatic imine (C=N–C) groups is 1. The van der Waals surface area contributed by atoms with Gasteiger partial charge in [0.15, 0.2) is 5.96 Å². The number of nitrogens with one attached hydrogen (secondary N) is 1. The number of hydrogen-bond acceptors (Lipinski definition) is 1. The number of halogens is 2. The summed E-state index contributed by atoms with van der Waals surface area (Å²) in [5, 5.41) is 2.88. The van der Waals surface area contributed by atoms with Crippen molar-refractivity contribution in [1.29, 1.82) is 0 Å². The lowest BCUT2D eigenvalue weighted by Gasteiger charge is -2.02. The van der Waals surface area contributed by atoms with Crippen LogP contribution in [0.5, 0.6) is 0 Å². The molecular weight excluding hydrogens is 320 g/mol. The van der Waals surface area contributed by atoms with Crippen LogP contribution in [-0.2, 0) is 6.42 Å². The minimum Gasteiger partial charge on any atom is -0.370 e. The maximum Gasteiger partial charge on any atom is 0.188 e. The standard InChI is InChI=1S/C11H16FN3.HI/c1-2-14-11(13)15-8-7-9-5-3-4-6-10(9)12;/h3-6H,2,7-8H2,1H3,(H3,13,14,15);1H. The van der Waals surface area contributed by atoms with Crippen LogP contribution in [0.25, 0.3) is 0 Å². The van der Waals surface area contributed by atoms with Crippen LogP contribution < -0.4 is 11.1 Å². The van der Waals surface area contributed by atoms with Gasteiger partial charge in [-0.25, -0.2) is 4.39 Å². The highest BCUT2D eigenvalue weighted by atomic mass is 127. The molecule has 0 aliphatic carbocycles. The van der Waals surface area contributed by atoms with Gasteiger partial charge in [-0.05, 0) is 25.0 Å². The fraction of sp³-hybridized carbons (Fsp3) is 0.364. The summed E-state index contributed by atoms with van der Waals surface area (Å²) in [7, 11) is 0. The summed E-state index contributed by atoms with van der Waals surface area (Å²) in [6.07, 6.45) is 0.568. The van der Waals surface area contributed by atoms with Crippen LogP contribution in [0.2, 0.25) is 0 Å². The Morgan fingerprint density at radius 1 is 1.44 bits per heavy atom. The fourth-order valence-electron chi connectivity index (χ4n) is 1.23. The zero-order valence-electron chi connectivity index (χ0n) is 9.24. The van der Waals surface area contributed by atoms with Crippen molar-refractivity contribution in [2.45, 2.75) is 13.3 Å². The minimum absolute atomic E-state index is 0. The molecular formula is C11H17FIN3. The van der Waals surface area contributed by atoms with E-state index in [2.05, 4.69) is 10.3 Å². The summed E-state index contributed by atoms with van der Waals surface area (Å²) in [4.78, 5) is 4.07. The molecule has 0 aromatic heterocycles. The number of nitrogens with zero attached hydrogens (tertiary/aromatic N) is 1. The quantitative estimate of drug-likeness (QED) is 0.501. The summed E-state index contributed by atoms with van der Waals surface area (Å²) in [6, 6.07) is 6.70. The highest BCUT2D eigenvalue weighted by molar-refractivity contribution is 14.0. The van der Waals surface area contributed by atoms with Gasteiger partial charge in [0, 0.05) is 13.1 Å². The van der Waals surface area contributed by atoms with Gasteiger partial charge in [-0.3, -0.25) is 4.99 Å². The predicted molar refractivity (Wildman–Crippen MR) is 75.7 cm³/mol. The summed E-state index contributed by atoms with van der Waals surface area (Å²) >= 11 is 0. The highest BCUT2D eigenvalue weighted by Gasteiger charge is 1.99. The van der Waals surface area contributed by atoms with Gasteiger partial charge in [-0.15, -0.1) is 24.0 Å². The maximum absolute atomic E-state index is 13.2. The molecule has 0 spiro atoms. The Bertz CT molecular complexity index is 342. The lowest BCUT2D eigenvalue weighted by molar-refractivity contribution is 0.609. The molecule has 1 aromatic rings. The van der Waals surface area contributed by atoms with Crippen molar-refractivity contribution in [3.63, 3.8) is 0 Å². The van der Waals surface area contributed by atoms with Crippen LogP contribution >= 0.6 is 24.0 Å². The summed E-state index contributed by atoms with van der Waals surface area (Å²) in [5.41, 5.74) is 6.20. The van der Waals surface area contributed by atoms with Gasteiger partial charge >= 0.3 is 0 Å². The molecule has 1 rings (SSSR count). The van der Waals surface area contributed by atoms with Gasteiger partial charge in [-0.2, -0.15) is 0 Å². The van der Waals surface area contributed by atoms with Gasteiger partial charge in [0.2, 0.25) is 0 Å². The summed E-state index contributed by atoms with van der Waals surface area (Å²) in [6.45, 7) is 3.19. The van der Waals surface area contributed by atoms with E-state index >= 15 is 0 Å². The number of nitrogens with two attached hydrogens (primary N) is 1. The zero-order valence-corrected chi connectivity index (χ0v) is 11.6. The molecule has 0 bridgehead atoms. The molecule has 1 aromatic carbocycles. The van der Waals surface area contributed by atoms with Crippen LogP contribution in [0, 0.1) is 5.82 Å². The molecule has 5 heteroatoms. The summed E-state index contributed by atoms with van der Waals surface area (Å²) in [5.74, 6) is 0.226. The van der Waals surface area contributed by atoms with E-state index in [-0.39, 0.29) is 29.8 Å². The Labute approximate surface area is 112 Å². The molecule has 0 amide bonds. The van der Waals surface area contributed by atoms with E-state index in [9.17, 15) is 4.39 Å². The van der Waals surface area contributed by atoms with E-state index in [1.54, 1.807) is 12.1 Å². The van der Waals surface area contributed by atoms with Gasteiger partial charge in [-0.1, -0.05) is 18.2 Å². The Balaban J connectivity index is 0.00000225. The van der Waals surface area contributed by atoms with Gasteiger partial charge < -0.3 is 11.1 Å². The lowest BCUT2D eigenvalue weighted by Crippen LogP contribution is -2.31. The second-order valence-corrected chi connectivity index (χ2v) is 3.14. The first kappa shape index (κ1) is 15.2. The molecule has 0 aliphatic heterocycles. The molecule has 0 aliphatic rings. The van der Waals surface area contributed by atoms with Crippen molar-refractivity contribution in [3.8, 4) is 0 Å². The van der Waals surface area contributed by atoms with E-state index in [0.717, 1.165) is 6.54 Å². The molecule has 3 N–H and O–H groups in total. The molecule has 0 atom stereocenters. The van der Waals surface area contributed by atoms with E-state index in [1.807, 2.05) is 13.0 Å². The number of hydrogen-bond donors (Lipinski definition) is 2. The number of rotatable bonds is 4.